The molecular weight excluding hydrogens is 280 g/mol. The van der Waals surface area contributed by atoms with Crippen molar-refractivity contribution >= 4 is 22.1 Å². The molecule has 0 N–H and O–H groups in total. The van der Waals surface area contributed by atoms with Crippen LogP contribution in [0.5, 0.6) is 5.75 Å². The van der Waals surface area contributed by atoms with Crippen LogP contribution in [-0.4, -0.2) is 29.2 Å². The molecule has 0 aromatic heterocycles. The van der Waals surface area contributed by atoms with Crippen molar-refractivity contribution in [3.63, 3.8) is 0 Å². The van der Waals surface area contributed by atoms with Gasteiger partial charge in [0.25, 0.3) is 5.69 Å². The summed E-state index contributed by atoms with van der Waals surface area (Å²) in [5, 5.41) is 22.8. The lowest BCUT2D eigenvalue weighted by molar-refractivity contribution is -0.385. The summed E-state index contributed by atoms with van der Waals surface area (Å²) < 4.78 is 10.4. The molecule has 0 radical (unpaired) electrons. The van der Waals surface area contributed by atoms with Crippen molar-refractivity contribution in [3.8, 4) is 5.75 Å². The Hall–Kier alpha value is -2.74. The van der Waals surface area contributed by atoms with Crippen LogP contribution in [0.1, 0.15) is 0 Å². The van der Waals surface area contributed by atoms with Gasteiger partial charge in [-0.05, 0) is 23.6 Å². The van der Waals surface area contributed by atoms with E-state index in [1.807, 2.05) is 0 Å². The molecule has 3 rings (SSSR count). The number of fused-ring (bicyclic) bond motifs is 1. The Balaban J connectivity index is 2.07. The third-order valence-electron chi connectivity index (χ3n) is 3.16. The number of hydrogen-bond donors (Lipinski definition) is 0. The molecule has 0 spiro atoms. The van der Waals surface area contributed by atoms with Crippen molar-refractivity contribution in [2.45, 2.75) is 6.10 Å². The van der Waals surface area contributed by atoms with Gasteiger partial charge in [-0.25, -0.2) is 0 Å². The van der Waals surface area contributed by atoms with Gasteiger partial charge < -0.3 is 9.47 Å². The molecule has 108 valence electrons. The molecule has 8 nitrogen and oxygen atoms in total. The van der Waals surface area contributed by atoms with Gasteiger partial charge in [-0.1, -0.05) is 0 Å². The SMILES string of the molecule is O=[N+]([O-])c1ccc2c([N+](=O)[O-])c(OCC3CO3)ccc2c1. The third kappa shape index (κ3) is 2.61. The van der Waals surface area contributed by atoms with Gasteiger partial charge in [-0.3, -0.25) is 20.2 Å². The van der Waals surface area contributed by atoms with Crippen LogP contribution in [0.3, 0.4) is 0 Å². The second kappa shape index (κ2) is 4.98. The zero-order chi connectivity index (χ0) is 15.0. The molecule has 0 amide bonds. The fourth-order valence-electron chi connectivity index (χ4n) is 2.05. The van der Waals surface area contributed by atoms with E-state index in [2.05, 4.69) is 0 Å². The van der Waals surface area contributed by atoms with Gasteiger partial charge >= 0.3 is 5.69 Å². The number of hydrogen-bond acceptors (Lipinski definition) is 6. The molecule has 21 heavy (non-hydrogen) atoms. The van der Waals surface area contributed by atoms with Crippen molar-refractivity contribution in [2.24, 2.45) is 0 Å². The Morgan fingerprint density at radius 1 is 1.19 bits per heavy atom. The highest BCUT2D eigenvalue weighted by Gasteiger charge is 2.26. The Bertz CT molecular complexity index is 741. The number of epoxide rings is 1. The normalized spacial score (nSPS) is 16.7. The summed E-state index contributed by atoms with van der Waals surface area (Å²) in [6, 6.07) is 6.93. The monoisotopic (exact) mass is 290 g/mol. The first-order valence-corrected chi connectivity index (χ1v) is 6.16. The molecular formula is C13H10N2O6. The summed E-state index contributed by atoms with van der Waals surface area (Å²) in [5.41, 5.74) is -0.306. The lowest BCUT2D eigenvalue weighted by atomic mass is 10.1. The highest BCUT2D eigenvalue weighted by Crippen LogP contribution is 2.37. The minimum absolute atomic E-state index is 0.0165. The van der Waals surface area contributed by atoms with E-state index in [9.17, 15) is 20.2 Å². The van der Waals surface area contributed by atoms with Crippen molar-refractivity contribution in [1.82, 2.24) is 0 Å². The molecule has 1 unspecified atom stereocenters. The summed E-state index contributed by atoms with van der Waals surface area (Å²) in [5.74, 6) is 0.136. The number of nitrogens with zero attached hydrogens (tertiary/aromatic N) is 2. The highest BCUT2D eigenvalue weighted by molar-refractivity contribution is 5.94. The second-order valence-electron chi connectivity index (χ2n) is 4.60. The first kappa shape index (κ1) is 13.3. The van der Waals surface area contributed by atoms with Gasteiger partial charge in [-0.2, -0.15) is 0 Å². The molecule has 1 heterocycles. The van der Waals surface area contributed by atoms with Crippen LogP contribution in [0.25, 0.3) is 10.8 Å². The van der Waals surface area contributed by atoms with Gasteiger partial charge in [0, 0.05) is 12.1 Å². The fourth-order valence-corrected chi connectivity index (χ4v) is 2.05. The van der Waals surface area contributed by atoms with Crippen molar-refractivity contribution in [2.75, 3.05) is 13.2 Å². The average molecular weight is 290 g/mol. The Kier molecular flexibility index (Phi) is 3.15. The van der Waals surface area contributed by atoms with Crippen molar-refractivity contribution in [1.29, 1.82) is 0 Å². The summed E-state index contributed by atoms with van der Waals surface area (Å²) in [4.78, 5) is 20.9. The summed E-state index contributed by atoms with van der Waals surface area (Å²) in [6.45, 7) is 0.840. The van der Waals surface area contributed by atoms with Gasteiger partial charge in [0.05, 0.1) is 21.8 Å². The lowest BCUT2D eigenvalue weighted by Gasteiger charge is -2.07. The van der Waals surface area contributed by atoms with Gasteiger partial charge in [0.2, 0.25) is 0 Å². The van der Waals surface area contributed by atoms with Gasteiger partial charge in [0.1, 0.15) is 12.7 Å². The lowest BCUT2D eigenvalue weighted by Crippen LogP contribution is -2.06. The molecule has 0 saturated carbocycles. The summed E-state index contributed by atoms with van der Waals surface area (Å²) in [7, 11) is 0. The molecule has 2 aromatic carbocycles. The minimum atomic E-state index is -0.544. The van der Waals surface area contributed by atoms with E-state index >= 15 is 0 Å². The maximum absolute atomic E-state index is 11.3. The third-order valence-corrected chi connectivity index (χ3v) is 3.16. The first-order chi connectivity index (χ1) is 10.1. The van der Waals surface area contributed by atoms with Crippen molar-refractivity contribution < 1.29 is 19.3 Å². The van der Waals surface area contributed by atoms with Crippen LogP contribution < -0.4 is 4.74 Å². The van der Waals surface area contributed by atoms with Crippen LogP contribution in [0.15, 0.2) is 30.3 Å². The number of benzene rings is 2. The van der Waals surface area contributed by atoms with E-state index in [4.69, 9.17) is 9.47 Å². The first-order valence-electron chi connectivity index (χ1n) is 6.16. The van der Waals surface area contributed by atoms with E-state index in [0.29, 0.717) is 17.4 Å². The standard InChI is InChI=1S/C13H10N2O6/c16-14(17)9-2-3-11-8(5-9)1-4-12(13(11)15(18)19)21-7-10-6-20-10/h1-5,10H,6-7H2. The van der Waals surface area contributed by atoms with E-state index in [1.165, 1.54) is 24.3 Å². The number of ether oxygens (including phenoxy) is 2. The highest BCUT2D eigenvalue weighted by atomic mass is 16.6. The van der Waals surface area contributed by atoms with Crippen LogP contribution in [0.2, 0.25) is 0 Å². The van der Waals surface area contributed by atoms with E-state index in [1.54, 1.807) is 6.07 Å². The summed E-state index contributed by atoms with van der Waals surface area (Å²) >= 11 is 0. The topological polar surface area (TPSA) is 108 Å². The maximum atomic E-state index is 11.3. The average Bonchev–Trinajstić information content (AvgIpc) is 3.27. The molecule has 1 atom stereocenters. The fraction of sp³-hybridized carbons (Fsp3) is 0.231. The number of rotatable bonds is 5. The second-order valence-corrected chi connectivity index (χ2v) is 4.60. The quantitative estimate of drug-likeness (QED) is 0.475. The van der Waals surface area contributed by atoms with Crippen LogP contribution in [-0.2, 0) is 4.74 Å². The molecule has 1 fully saturated rings. The van der Waals surface area contributed by atoms with Crippen LogP contribution >= 0.6 is 0 Å². The van der Waals surface area contributed by atoms with E-state index < -0.39 is 9.85 Å². The van der Waals surface area contributed by atoms with Crippen LogP contribution in [0, 0.1) is 20.2 Å². The predicted molar refractivity (Wildman–Crippen MR) is 72.5 cm³/mol. The number of nitro benzene ring substituents is 2. The van der Waals surface area contributed by atoms with E-state index in [-0.39, 0.29) is 29.8 Å². The molecule has 2 aromatic rings. The Morgan fingerprint density at radius 2 is 1.95 bits per heavy atom. The maximum Gasteiger partial charge on any atom is 0.318 e. The van der Waals surface area contributed by atoms with Crippen LogP contribution in [0.4, 0.5) is 11.4 Å². The number of nitro groups is 2. The Morgan fingerprint density at radius 3 is 2.57 bits per heavy atom. The molecule has 1 aliphatic rings. The van der Waals surface area contributed by atoms with Gasteiger partial charge in [-0.15, -0.1) is 0 Å². The molecule has 0 aliphatic carbocycles. The zero-order valence-corrected chi connectivity index (χ0v) is 10.7. The smallest absolute Gasteiger partial charge is 0.318 e. The van der Waals surface area contributed by atoms with Gasteiger partial charge in [0.15, 0.2) is 5.75 Å². The molecule has 1 aliphatic heterocycles. The molecule has 8 heteroatoms. The van der Waals surface area contributed by atoms with E-state index in [0.717, 1.165) is 0 Å². The Labute approximate surface area is 118 Å². The van der Waals surface area contributed by atoms with Crippen molar-refractivity contribution in [3.05, 3.63) is 50.6 Å². The molecule has 1 saturated heterocycles. The largest absolute Gasteiger partial charge is 0.484 e. The number of non-ortho nitro benzene ring substituents is 1. The minimum Gasteiger partial charge on any atom is -0.484 e. The molecule has 0 bridgehead atoms. The summed E-state index contributed by atoms with van der Waals surface area (Å²) in [6.07, 6.45) is -0.0165. The predicted octanol–water partition coefficient (Wildman–Crippen LogP) is 2.43. The zero-order valence-electron chi connectivity index (χ0n) is 10.7.